The van der Waals surface area contributed by atoms with E-state index in [4.69, 9.17) is 4.74 Å². The van der Waals surface area contributed by atoms with Crippen LogP contribution in [0.3, 0.4) is 0 Å². The van der Waals surface area contributed by atoms with Crippen LogP contribution in [0.4, 0.5) is 4.79 Å². The molecule has 1 fully saturated rings. The van der Waals surface area contributed by atoms with Gasteiger partial charge >= 0.3 is 6.09 Å². The van der Waals surface area contributed by atoms with Crippen LogP contribution in [0, 0.1) is 0 Å². The van der Waals surface area contributed by atoms with Gasteiger partial charge in [0, 0.05) is 25.2 Å². The fourth-order valence-corrected chi connectivity index (χ4v) is 2.00. The van der Waals surface area contributed by atoms with Crippen LogP contribution >= 0.6 is 0 Å². The number of ether oxygens (including phenoxy) is 1. The van der Waals surface area contributed by atoms with Crippen molar-refractivity contribution in [1.82, 2.24) is 10.2 Å². The molecule has 17 heavy (non-hydrogen) atoms. The van der Waals surface area contributed by atoms with Crippen molar-refractivity contribution in [3.63, 3.8) is 0 Å². The first kappa shape index (κ1) is 14.3. The summed E-state index contributed by atoms with van der Waals surface area (Å²) >= 11 is 0. The van der Waals surface area contributed by atoms with Gasteiger partial charge in [-0.05, 0) is 40.0 Å². The lowest BCUT2D eigenvalue weighted by molar-refractivity contribution is 0.0412. The molecule has 0 radical (unpaired) electrons. The standard InChI is InChI=1S/C13H26N2O2/c1-5-11(4)14-13(16)17-12-6-8-15(9-7-12)10(2)3/h10-12H,5-9H2,1-4H3,(H,14,16). The molecule has 0 aromatic rings. The first-order valence-corrected chi connectivity index (χ1v) is 6.74. The topological polar surface area (TPSA) is 41.6 Å². The molecular formula is C13H26N2O2. The quantitative estimate of drug-likeness (QED) is 0.823. The molecule has 0 bridgehead atoms. The molecule has 1 saturated heterocycles. The van der Waals surface area contributed by atoms with Gasteiger partial charge in [0.2, 0.25) is 0 Å². The van der Waals surface area contributed by atoms with Crippen LogP contribution in [-0.2, 0) is 4.74 Å². The molecule has 1 heterocycles. The Bertz CT molecular complexity index is 236. The Kier molecular flexibility index (Phi) is 5.75. The number of nitrogens with zero attached hydrogens (tertiary/aromatic N) is 1. The van der Waals surface area contributed by atoms with Crippen molar-refractivity contribution in [3.05, 3.63) is 0 Å². The van der Waals surface area contributed by atoms with E-state index in [-0.39, 0.29) is 18.2 Å². The normalized spacial score (nSPS) is 20.3. The minimum atomic E-state index is -0.262. The lowest BCUT2D eigenvalue weighted by Crippen LogP contribution is -2.43. The van der Waals surface area contributed by atoms with Gasteiger partial charge in [0.25, 0.3) is 0 Å². The molecule has 1 N–H and O–H groups in total. The molecule has 1 amide bonds. The van der Waals surface area contributed by atoms with Crippen molar-refractivity contribution in [2.45, 2.75) is 65.1 Å². The maximum atomic E-state index is 11.5. The highest BCUT2D eigenvalue weighted by Crippen LogP contribution is 2.15. The minimum Gasteiger partial charge on any atom is -0.446 e. The average molecular weight is 242 g/mol. The maximum absolute atomic E-state index is 11.5. The van der Waals surface area contributed by atoms with Crippen molar-refractivity contribution in [2.75, 3.05) is 13.1 Å². The van der Waals surface area contributed by atoms with Gasteiger partial charge in [0.05, 0.1) is 0 Å². The fourth-order valence-electron chi connectivity index (χ4n) is 2.00. The summed E-state index contributed by atoms with van der Waals surface area (Å²) in [5.74, 6) is 0. The largest absolute Gasteiger partial charge is 0.446 e. The van der Waals surface area contributed by atoms with E-state index >= 15 is 0 Å². The molecule has 0 aliphatic carbocycles. The number of likely N-dealkylation sites (tertiary alicyclic amines) is 1. The van der Waals surface area contributed by atoms with Crippen LogP contribution in [0.5, 0.6) is 0 Å². The van der Waals surface area contributed by atoms with Crippen LogP contribution < -0.4 is 5.32 Å². The molecule has 0 aromatic heterocycles. The van der Waals surface area contributed by atoms with Crippen LogP contribution in [0.15, 0.2) is 0 Å². The lowest BCUT2D eigenvalue weighted by Gasteiger charge is -2.34. The number of rotatable bonds is 4. The van der Waals surface area contributed by atoms with Gasteiger partial charge in [-0.15, -0.1) is 0 Å². The summed E-state index contributed by atoms with van der Waals surface area (Å²) in [6.07, 6.45) is 2.66. The fraction of sp³-hybridized carbons (Fsp3) is 0.923. The number of carbonyl (C=O) groups excluding carboxylic acids is 1. The maximum Gasteiger partial charge on any atom is 0.407 e. The van der Waals surface area contributed by atoms with Crippen molar-refractivity contribution >= 4 is 6.09 Å². The summed E-state index contributed by atoms with van der Waals surface area (Å²) in [5.41, 5.74) is 0. The molecule has 1 rings (SSSR count). The van der Waals surface area contributed by atoms with Gasteiger partial charge in [-0.25, -0.2) is 4.79 Å². The molecule has 0 spiro atoms. The molecule has 1 aliphatic heterocycles. The second-order valence-corrected chi connectivity index (χ2v) is 5.19. The van der Waals surface area contributed by atoms with Crippen molar-refractivity contribution in [2.24, 2.45) is 0 Å². The summed E-state index contributed by atoms with van der Waals surface area (Å²) in [6, 6.07) is 0.781. The summed E-state index contributed by atoms with van der Waals surface area (Å²) in [6.45, 7) is 10.5. The lowest BCUT2D eigenvalue weighted by atomic mass is 10.1. The Morgan fingerprint density at radius 2 is 1.94 bits per heavy atom. The Morgan fingerprint density at radius 3 is 2.41 bits per heavy atom. The third kappa shape index (κ3) is 4.94. The number of nitrogens with one attached hydrogen (secondary N) is 1. The molecule has 100 valence electrons. The predicted molar refractivity (Wildman–Crippen MR) is 69.1 cm³/mol. The molecular weight excluding hydrogens is 216 g/mol. The van der Waals surface area contributed by atoms with E-state index in [2.05, 4.69) is 24.1 Å². The summed E-state index contributed by atoms with van der Waals surface area (Å²) in [7, 11) is 0. The number of amides is 1. The number of alkyl carbamates (subject to hydrolysis) is 1. The van der Waals surface area contributed by atoms with E-state index in [1.54, 1.807) is 0 Å². The zero-order valence-electron chi connectivity index (χ0n) is 11.5. The second-order valence-electron chi connectivity index (χ2n) is 5.19. The van der Waals surface area contributed by atoms with E-state index in [1.165, 1.54) is 0 Å². The van der Waals surface area contributed by atoms with E-state index in [1.807, 2.05) is 13.8 Å². The zero-order chi connectivity index (χ0) is 12.8. The summed E-state index contributed by atoms with van der Waals surface area (Å²) in [5, 5.41) is 2.84. The van der Waals surface area contributed by atoms with Gasteiger partial charge < -0.3 is 15.0 Å². The first-order valence-electron chi connectivity index (χ1n) is 6.74. The molecule has 1 unspecified atom stereocenters. The predicted octanol–water partition coefficient (Wildman–Crippen LogP) is 2.38. The SMILES string of the molecule is CCC(C)NC(=O)OC1CCN(C(C)C)CC1. The van der Waals surface area contributed by atoms with E-state index < -0.39 is 0 Å². The number of carbonyl (C=O) groups is 1. The molecule has 1 atom stereocenters. The van der Waals surface area contributed by atoms with E-state index in [0.29, 0.717) is 6.04 Å². The van der Waals surface area contributed by atoms with Crippen LogP contribution in [0.2, 0.25) is 0 Å². The van der Waals surface area contributed by atoms with Crippen LogP contribution in [0.1, 0.15) is 47.0 Å². The molecule has 1 aliphatic rings. The van der Waals surface area contributed by atoms with Crippen molar-refractivity contribution in [3.8, 4) is 0 Å². The van der Waals surface area contributed by atoms with Gasteiger partial charge in [0.1, 0.15) is 6.10 Å². The summed E-state index contributed by atoms with van der Waals surface area (Å²) < 4.78 is 5.42. The molecule has 0 aromatic carbocycles. The highest BCUT2D eigenvalue weighted by molar-refractivity contribution is 5.67. The molecule has 4 nitrogen and oxygen atoms in total. The molecule has 0 saturated carbocycles. The minimum absolute atomic E-state index is 0.0917. The Balaban J connectivity index is 2.23. The molecule has 4 heteroatoms. The smallest absolute Gasteiger partial charge is 0.407 e. The van der Waals surface area contributed by atoms with Crippen LogP contribution in [0.25, 0.3) is 0 Å². The third-order valence-electron chi connectivity index (χ3n) is 3.46. The van der Waals surface area contributed by atoms with Crippen molar-refractivity contribution < 1.29 is 9.53 Å². The van der Waals surface area contributed by atoms with Gasteiger partial charge in [-0.3, -0.25) is 0 Å². The monoisotopic (exact) mass is 242 g/mol. The Labute approximate surface area is 105 Å². The van der Waals surface area contributed by atoms with Gasteiger partial charge in [0.15, 0.2) is 0 Å². The average Bonchev–Trinajstić information content (AvgIpc) is 2.29. The van der Waals surface area contributed by atoms with Gasteiger partial charge in [-0.2, -0.15) is 0 Å². The number of hydrogen-bond donors (Lipinski definition) is 1. The second kappa shape index (κ2) is 6.84. The zero-order valence-corrected chi connectivity index (χ0v) is 11.5. The third-order valence-corrected chi connectivity index (χ3v) is 3.46. The van der Waals surface area contributed by atoms with E-state index in [0.717, 1.165) is 32.4 Å². The van der Waals surface area contributed by atoms with Crippen LogP contribution in [-0.4, -0.2) is 42.3 Å². The number of hydrogen-bond acceptors (Lipinski definition) is 3. The Morgan fingerprint density at radius 1 is 1.35 bits per heavy atom. The van der Waals surface area contributed by atoms with E-state index in [9.17, 15) is 4.79 Å². The highest BCUT2D eigenvalue weighted by atomic mass is 16.6. The highest BCUT2D eigenvalue weighted by Gasteiger charge is 2.23. The Hall–Kier alpha value is -0.770. The first-order chi connectivity index (χ1) is 8.02. The summed E-state index contributed by atoms with van der Waals surface area (Å²) in [4.78, 5) is 14.0. The van der Waals surface area contributed by atoms with Gasteiger partial charge in [-0.1, -0.05) is 6.92 Å². The number of piperidine rings is 1. The van der Waals surface area contributed by atoms with Crippen molar-refractivity contribution in [1.29, 1.82) is 0 Å².